The fourth-order valence-electron chi connectivity index (χ4n) is 2.37. The molecule has 1 N–H and O–H groups in total. The van der Waals surface area contributed by atoms with Gasteiger partial charge in [0.15, 0.2) is 0 Å². The van der Waals surface area contributed by atoms with Gasteiger partial charge in [-0.25, -0.2) is 0 Å². The number of nitrogens with one attached hydrogen (secondary N) is 1. The molecule has 1 aliphatic rings. The first-order valence-corrected chi connectivity index (χ1v) is 6.78. The van der Waals surface area contributed by atoms with Gasteiger partial charge < -0.3 is 5.32 Å². The van der Waals surface area contributed by atoms with Crippen LogP contribution in [-0.2, 0) is 4.79 Å². The minimum atomic E-state index is -0.0444. The molecule has 1 saturated heterocycles. The first kappa shape index (κ1) is 13.6. The lowest BCUT2D eigenvalue weighted by Crippen LogP contribution is -2.28. The molecular formula is C15H19N3O. The van der Waals surface area contributed by atoms with Gasteiger partial charge in [0.1, 0.15) is 6.17 Å². The number of hydrogen-bond donors (Lipinski definition) is 1. The Morgan fingerprint density at radius 1 is 1.37 bits per heavy atom. The van der Waals surface area contributed by atoms with Gasteiger partial charge in [0.25, 0.3) is 0 Å². The number of benzene rings is 1. The van der Waals surface area contributed by atoms with E-state index < -0.39 is 0 Å². The number of nitrogens with zero attached hydrogens (tertiary/aromatic N) is 2. The van der Waals surface area contributed by atoms with E-state index >= 15 is 0 Å². The van der Waals surface area contributed by atoms with E-state index in [2.05, 4.69) is 23.2 Å². The molecule has 1 aromatic rings. The van der Waals surface area contributed by atoms with Crippen LogP contribution < -0.4 is 5.32 Å². The molecule has 1 aliphatic heterocycles. The molecule has 100 valence electrons. The van der Waals surface area contributed by atoms with Gasteiger partial charge in [-0.15, -0.1) is 0 Å². The summed E-state index contributed by atoms with van der Waals surface area (Å²) in [5, 5.41) is 11.8. The van der Waals surface area contributed by atoms with E-state index in [-0.39, 0.29) is 12.1 Å². The number of unbranched alkanes of at least 4 members (excludes halogenated alkanes) is 2. The van der Waals surface area contributed by atoms with Gasteiger partial charge in [0.2, 0.25) is 5.91 Å². The van der Waals surface area contributed by atoms with E-state index in [0.717, 1.165) is 18.5 Å². The van der Waals surface area contributed by atoms with Crippen LogP contribution in [0.25, 0.3) is 0 Å². The predicted octanol–water partition coefficient (Wildman–Crippen LogP) is 2.18. The largest absolute Gasteiger partial charge is 0.335 e. The molecule has 1 amide bonds. The predicted molar refractivity (Wildman–Crippen MR) is 73.1 cm³/mol. The first-order chi connectivity index (χ1) is 9.24. The second-order valence-electron chi connectivity index (χ2n) is 4.88. The van der Waals surface area contributed by atoms with Crippen LogP contribution in [0, 0.1) is 11.3 Å². The molecule has 0 spiro atoms. The zero-order chi connectivity index (χ0) is 13.7. The molecule has 1 aromatic carbocycles. The standard InChI is InChI=1S/C15H19N3O/c1-2-3-4-9-18-11-14(19)17-15(18)13-7-5-12(10-16)6-8-13/h5-8,15H,2-4,9,11H2,1H3,(H,17,19). The van der Waals surface area contributed by atoms with Crippen LogP contribution in [-0.4, -0.2) is 23.9 Å². The molecule has 0 radical (unpaired) electrons. The molecule has 1 unspecified atom stereocenters. The first-order valence-electron chi connectivity index (χ1n) is 6.78. The molecule has 1 atom stereocenters. The highest BCUT2D eigenvalue weighted by Gasteiger charge is 2.30. The molecule has 0 bridgehead atoms. The Morgan fingerprint density at radius 3 is 2.74 bits per heavy atom. The monoisotopic (exact) mass is 257 g/mol. The Labute approximate surface area is 114 Å². The molecular weight excluding hydrogens is 238 g/mol. The van der Waals surface area contributed by atoms with Gasteiger partial charge in [-0.05, 0) is 24.1 Å². The molecule has 1 heterocycles. The molecule has 0 aromatic heterocycles. The van der Waals surface area contributed by atoms with E-state index in [0.29, 0.717) is 12.1 Å². The number of carbonyl (C=O) groups is 1. The highest BCUT2D eigenvalue weighted by Crippen LogP contribution is 2.23. The van der Waals surface area contributed by atoms with Crippen LogP contribution in [0.15, 0.2) is 24.3 Å². The van der Waals surface area contributed by atoms with E-state index in [4.69, 9.17) is 5.26 Å². The van der Waals surface area contributed by atoms with Crippen LogP contribution in [0.2, 0.25) is 0 Å². The smallest absolute Gasteiger partial charge is 0.235 e. The minimum absolute atomic E-state index is 0.0444. The molecule has 1 fully saturated rings. The van der Waals surface area contributed by atoms with Gasteiger partial charge in [-0.1, -0.05) is 31.9 Å². The number of nitriles is 1. The van der Waals surface area contributed by atoms with Crippen molar-refractivity contribution in [2.75, 3.05) is 13.1 Å². The second-order valence-corrected chi connectivity index (χ2v) is 4.88. The molecule has 0 aliphatic carbocycles. The maximum Gasteiger partial charge on any atom is 0.235 e. The Hall–Kier alpha value is -1.86. The van der Waals surface area contributed by atoms with Gasteiger partial charge in [0.05, 0.1) is 18.2 Å². The summed E-state index contributed by atoms with van der Waals surface area (Å²) in [6, 6.07) is 9.53. The minimum Gasteiger partial charge on any atom is -0.335 e. The van der Waals surface area contributed by atoms with E-state index in [9.17, 15) is 4.79 Å². The van der Waals surface area contributed by atoms with Gasteiger partial charge in [-0.2, -0.15) is 5.26 Å². The van der Waals surface area contributed by atoms with Crippen molar-refractivity contribution in [3.8, 4) is 6.07 Å². The summed E-state index contributed by atoms with van der Waals surface area (Å²) in [6.45, 7) is 3.57. The van der Waals surface area contributed by atoms with Crippen molar-refractivity contribution in [3.63, 3.8) is 0 Å². The summed E-state index contributed by atoms with van der Waals surface area (Å²) in [7, 11) is 0. The van der Waals surface area contributed by atoms with Crippen molar-refractivity contribution in [2.24, 2.45) is 0 Å². The third-order valence-corrected chi connectivity index (χ3v) is 3.41. The average molecular weight is 257 g/mol. The summed E-state index contributed by atoms with van der Waals surface area (Å²) in [6.07, 6.45) is 3.43. The summed E-state index contributed by atoms with van der Waals surface area (Å²) >= 11 is 0. The van der Waals surface area contributed by atoms with E-state index in [1.54, 1.807) is 12.1 Å². The number of carbonyl (C=O) groups excluding carboxylic acids is 1. The summed E-state index contributed by atoms with van der Waals surface area (Å²) in [4.78, 5) is 13.8. The highest BCUT2D eigenvalue weighted by atomic mass is 16.2. The van der Waals surface area contributed by atoms with E-state index in [1.165, 1.54) is 12.8 Å². The van der Waals surface area contributed by atoms with Gasteiger partial charge >= 0.3 is 0 Å². The summed E-state index contributed by atoms with van der Waals surface area (Å²) < 4.78 is 0. The fraction of sp³-hybridized carbons (Fsp3) is 0.467. The average Bonchev–Trinajstić information content (AvgIpc) is 2.80. The quantitative estimate of drug-likeness (QED) is 0.822. The Balaban J connectivity index is 2.07. The van der Waals surface area contributed by atoms with Crippen LogP contribution in [0.3, 0.4) is 0 Å². The third kappa shape index (κ3) is 3.33. The zero-order valence-electron chi connectivity index (χ0n) is 11.2. The maximum atomic E-state index is 11.6. The van der Waals surface area contributed by atoms with Crippen molar-refractivity contribution >= 4 is 5.91 Å². The Morgan fingerprint density at radius 2 is 2.11 bits per heavy atom. The SMILES string of the molecule is CCCCCN1CC(=O)NC1c1ccc(C#N)cc1. The molecule has 0 saturated carbocycles. The number of rotatable bonds is 5. The van der Waals surface area contributed by atoms with E-state index in [1.807, 2.05) is 12.1 Å². The maximum absolute atomic E-state index is 11.6. The Bertz CT molecular complexity index is 475. The molecule has 4 nitrogen and oxygen atoms in total. The van der Waals surface area contributed by atoms with Crippen LogP contribution in [0.5, 0.6) is 0 Å². The normalized spacial score (nSPS) is 19.2. The van der Waals surface area contributed by atoms with Crippen molar-refractivity contribution in [2.45, 2.75) is 32.4 Å². The Kier molecular flexibility index (Phi) is 4.53. The van der Waals surface area contributed by atoms with Crippen LogP contribution >= 0.6 is 0 Å². The van der Waals surface area contributed by atoms with Gasteiger partial charge in [-0.3, -0.25) is 9.69 Å². The van der Waals surface area contributed by atoms with Crippen molar-refractivity contribution in [3.05, 3.63) is 35.4 Å². The zero-order valence-corrected chi connectivity index (χ0v) is 11.2. The third-order valence-electron chi connectivity index (χ3n) is 3.41. The number of amides is 1. The lowest BCUT2D eigenvalue weighted by molar-refractivity contribution is -0.118. The van der Waals surface area contributed by atoms with Crippen LogP contribution in [0.1, 0.15) is 43.5 Å². The number of hydrogen-bond acceptors (Lipinski definition) is 3. The van der Waals surface area contributed by atoms with Crippen molar-refractivity contribution in [1.29, 1.82) is 5.26 Å². The van der Waals surface area contributed by atoms with Crippen molar-refractivity contribution in [1.82, 2.24) is 10.2 Å². The van der Waals surface area contributed by atoms with Crippen molar-refractivity contribution < 1.29 is 4.79 Å². The lowest BCUT2D eigenvalue weighted by atomic mass is 10.1. The molecule has 2 rings (SSSR count). The van der Waals surface area contributed by atoms with Crippen LogP contribution in [0.4, 0.5) is 0 Å². The fourth-order valence-corrected chi connectivity index (χ4v) is 2.37. The summed E-state index contributed by atoms with van der Waals surface area (Å²) in [5.41, 5.74) is 1.69. The highest BCUT2D eigenvalue weighted by molar-refractivity contribution is 5.80. The lowest BCUT2D eigenvalue weighted by Gasteiger charge is -2.23. The second kappa shape index (κ2) is 6.35. The summed E-state index contributed by atoms with van der Waals surface area (Å²) in [5.74, 6) is 0.0749. The topological polar surface area (TPSA) is 56.1 Å². The molecule has 4 heteroatoms. The molecule has 19 heavy (non-hydrogen) atoms. The van der Waals surface area contributed by atoms with Gasteiger partial charge in [0, 0.05) is 6.54 Å².